The average Bonchev–Trinajstić information content (AvgIpc) is 3.81. The third-order valence-electron chi connectivity index (χ3n) is 14.4. The van der Waals surface area contributed by atoms with Crippen LogP contribution in [0.2, 0.25) is 0 Å². The maximum Gasteiger partial charge on any atom is 0.244 e. The van der Waals surface area contributed by atoms with Crippen LogP contribution in [-0.4, -0.2) is 15.8 Å². The van der Waals surface area contributed by atoms with Gasteiger partial charge in [0.25, 0.3) is 0 Å². The van der Waals surface area contributed by atoms with Gasteiger partial charge in [0, 0.05) is 43.7 Å². The van der Waals surface area contributed by atoms with Crippen LogP contribution >= 0.6 is 0 Å². The molecule has 0 N–H and O–H groups in total. The van der Waals surface area contributed by atoms with Gasteiger partial charge in [0.2, 0.25) is 6.71 Å². The van der Waals surface area contributed by atoms with Gasteiger partial charge in [-0.05, 0) is 104 Å². The van der Waals surface area contributed by atoms with E-state index in [1.54, 1.807) is 0 Å². The summed E-state index contributed by atoms with van der Waals surface area (Å²) in [6.45, 7) is 13.6. The monoisotopic (exact) mass is 805 g/mol. The molecule has 298 valence electrons. The van der Waals surface area contributed by atoms with Gasteiger partial charge >= 0.3 is 0 Å². The molecule has 0 amide bonds. The van der Waals surface area contributed by atoms with Gasteiger partial charge in [0.1, 0.15) is 0 Å². The average molecular weight is 806 g/mol. The van der Waals surface area contributed by atoms with E-state index in [0.29, 0.717) is 5.56 Å². The van der Waals surface area contributed by atoms with Crippen LogP contribution in [0.25, 0.3) is 98.8 Å². The van der Waals surface area contributed by atoms with Gasteiger partial charge in [-0.1, -0.05) is 167 Å². The summed E-state index contributed by atoms with van der Waals surface area (Å²) in [5, 5.41) is 20.7. The van der Waals surface area contributed by atoms with Crippen molar-refractivity contribution < 1.29 is 0 Å². The molecule has 2 aliphatic heterocycles. The highest BCUT2D eigenvalue weighted by Gasteiger charge is 2.40. The Morgan fingerprint density at radius 1 is 0.429 bits per heavy atom. The van der Waals surface area contributed by atoms with Gasteiger partial charge in [0.15, 0.2) is 0 Å². The molecule has 0 spiro atoms. The largest absolute Gasteiger partial charge is 0.309 e. The van der Waals surface area contributed by atoms with Gasteiger partial charge in [0.05, 0.1) is 33.7 Å². The fourth-order valence-electron chi connectivity index (χ4n) is 11.5. The number of aromatic nitrogens is 2. The van der Waals surface area contributed by atoms with Gasteiger partial charge in [-0.3, -0.25) is 0 Å². The van der Waals surface area contributed by atoms with E-state index in [2.05, 4.69) is 214 Å². The summed E-state index contributed by atoms with van der Waals surface area (Å²) in [6.07, 6.45) is 0. The van der Waals surface area contributed by atoms with Gasteiger partial charge in [-0.15, -0.1) is 0 Å². The van der Waals surface area contributed by atoms with Crippen LogP contribution < -0.4 is 16.4 Å². The molecule has 0 fully saturated rings. The Kier molecular flexibility index (Phi) is 7.15. The summed E-state index contributed by atoms with van der Waals surface area (Å²) < 4.78 is 4.96. The van der Waals surface area contributed by atoms with Crippen molar-refractivity contribution in [2.45, 2.75) is 52.4 Å². The number of benzene rings is 9. The minimum absolute atomic E-state index is 0.0484. The number of hydrogen-bond donors (Lipinski definition) is 0. The lowest BCUT2D eigenvalue weighted by Crippen LogP contribution is -2.57. The molecule has 3 nitrogen and oxygen atoms in total. The molecular formula is C59H44BN3. The summed E-state index contributed by atoms with van der Waals surface area (Å²) in [6, 6.07) is 61.8. The zero-order valence-electron chi connectivity index (χ0n) is 36.4. The van der Waals surface area contributed by atoms with Crippen LogP contribution in [0.4, 0.5) is 0 Å². The minimum atomic E-state index is -0.0484. The lowest BCUT2D eigenvalue weighted by atomic mass is 9.31. The van der Waals surface area contributed by atoms with Gasteiger partial charge in [-0.2, -0.15) is 5.26 Å². The molecular weight excluding hydrogens is 761 g/mol. The van der Waals surface area contributed by atoms with Crippen molar-refractivity contribution in [2.75, 3.05) is 0 Å². The Balaban J connectivity index is 1.17. The van der Waals surface area contributed by atoms with Crippen molar-refractivity contribution in [3.8, 4) is 39.7 Å². The number of para-hydroxylation sites is 2. The van der Waals surface area contributed by atoms with E-state index in [4.69, 9.17) is 0 Å². The molecule has 0 radical (unpaired) electrons. The molecule has 4 heteroatoms. The number of rotatable bonds is 2. The second kappa shape index (κ2) is 12.4. The van der Waals surface area contributed by atoms with Crippen LogP contribution in [0, 0.1) is 11.3 Å². The normalized spacial score (nSPS) is 13.2. The van der Waals surface area contributed by atoms with Gasteiger partial charge < -0.3 is 9.13 Å². The Hall–Kier alpha value is -7.35. The maximum atomic E-state index is 10.7. The van der Waals surface area contributed by atoms with E-state index in [-0.39, 0.29) is 17.5 Å². The van der Waals surface area contributed by atoms with Crippen LogP contribution in [0.5, 0.6) is 0 Å². The molecule has 63 heavy (non-hydrogen) atoms. The number of nitrogens with zero attached hydrogens (tertiary/aromatic N) is 3. The van der Waals surface area contributed by atoms with E-state index in [0.717, 1.165) is 22.5 Å². The van der Waals surface area contributed by atoms with Crippen molar-refractivity contribution in [2.24, 2.45) is 0 Å². The van der Waals surface area contributed by atoms with Crippen molar-refractivity contribution in [1.82, 2.24) is 9.13 Å². The molecule has 0 unspecified atom stereocenters. The topological polar surface area (TPSA) is 33.6 Å². The predicted octanol–water partition coefficient (Wildman–Crippen LogP) is 13.1. The Labute approximate surface area is 367 Å². The zero-order valence-corrected chi connectivity index (χ0v) is 36.4. The smallest absolute Gasteiger partial charge is 0.244 e. The van der Waals surface area contributed by atoms with Crippen LogP contribution in [0.3, 0.4) is 0 Å². The van der Waals surface area contributed by atoms with Crippen molar-refractivity contribution in [1.29, 1.82) is 5.26 Å². The summed E-state index contributed by atoms with van der Waals surface area (Å²) in [4.78, 5) is 0. The van der Waals surface area contributed by atoms with Crippen LogP contribution in [0.15, 0.2) is 158 Å². The molecule has 13 rings (SSSR count). The van der Waals surface area contributed by atoms with E-state index in [9.17, 15) is 5.26 Å². The number of nitriles is 1. The zero-order chi connectivity index (χ0) is 42.7. The second-order valence-electron chi connectivity index (χ2n) is 20.0. The van der Waals surface area contributed by atoms with Crippen LogP contribution in [-0.2, 0) is 10.8 Å². The highest BCUT2D eigenvalue weighted by Crippen LogP contribution is 2.46. The lowest BCUT2D eigenvalue weighted by Gasteiger charge is -2.34. The molecule has 0 atom stereocenters. The molecule has 0 saturated carbocycles. The first-order valence-electron chi connectivity index (χ1n) is 22.3. The first-order chi connectivity index (χ1) is 30.5. The fraction of sp³-hybridized carbons (Fsp3) is 0.136. The Bertz CT molecular complexity index is 3610. The molecule has 4 heterocycles. The standard InChI is InChI=1S/C59H44BN3/c1-58(2,3)35-21-25-37(26-22-35)62-51-19-9-7-13-39(51)47-31-49-53-41(15-11-17-43(53)56(47)62)45-29-34(33-61)30-46-42-16-12-18-44-54(42)50(60(49)55(45)46)32-48-40-14-8-10-20-52(40)63(57(44)48)38-27-23-36(24-28-38)59(4,5)6/h7-32H,1-6H3. The third kappa shape index (κ3) is 4.86. The maximum absolute atomic E-state index is 10.7. The highest BCUT2D eigenvalue weighted by atomic mass is 15.0. The molecule has 0 aliphatic carbocycles. The summed E-state index contributed by atoms with van der Waals surface area (Å²) in [5.41, 5.74) is 19.3. The van der Waals surface area contributed by atoms with E-state index >= 15 is 0 Å². The van der Waals surface area contributed by atoms with E-state index in [1.165, 1.54) is 104 Å². The molecule has 0 bridgehead atoms. The third-order valence-corrected chi connectivity index (χ3v) is 14.4. The van der Waals surface area contributed by atoms with Crippen molar-refractivity contribution in [3.05, 3.63) is 174 Å². The SMILES string of the molecule is CC(C)(C)c1ccc(-n2c3ccccc3c3cc4c5c(cccc5c32)-c2cc(C#N)cc3c2B4c2cc4c5ccccc5n(-c5ccc(C(C)(C)C)cc5)c4c4cccc-3c24)cc1. The Morgan fingerprint density at radius 2 is 0.841 bits per heavy atom. The predicted molar refractivity (Wildman–Crippen MR) is 268 cm³/mol. The van der Waals surface area contributed by atoms with Crippen molar-refractivity contribution >= 4 is 88.3 Å². The first kappa shape index (κ1) is 36.3. The molecule has 0 saturated heterocycles. The summed E-state index contributed by atoms with van der Waals surface area (Å²) in [7, 11) is 0. The van der Waals surface area contributed by atoms with Crippen LogP contribution in [0.1, 0.15) is 58.2 Å². The number of hydrogen-bond acceptors (Lipinski definition) is 1. The van der Waals surface area contributed by atoms with Gasteiger partial charge in [-0.25, -0.2) is 0 Å². The minimum Gasteiger partial charge on any atom is -0.309 e. The molecule has 2 aliphatic rings. The van der Waals surface area contributed by atoms with E-state index < -0.39 is 0 Å². The van der Waals surface area contributed by atoms with Crippen molar-refractivity contribution in [3.63, 3.8) is 0 Å². The summed E-state index contributed by atoms with van der Waals surface area (Å²) in [5.74, 6) is 0. The lowest BCUT2D eigenvalue weighted by molar-refractivity contribution is 0.590. The fourth-order valence-corrected chi connectivity index (χ4v) is 11.5. The van der Waals surface area contributed by atoms with E-state index in [1.807, 2.05) is 0 Å². The second-order valence-corrected chi connectivity index (χ2v) is 20.0. The Morgan fingerprint density at radius 3 is 1.25 bits per heavy atom. The summed E-state index contributed by atoms with van der Waals surface area (Å²) >= 11 is 0. The molecule has 2 aromatic heterocycles. The first-order valence-corrected chi connectivity index (χ1v) is 22.3. The number of fused-ring (bicyclic) bond motifs is 12. The quantitative estimate of drug-likeness (QED) is 0.160. The highest BCUT2D eigenvalue weighted by molar-refractivity contribution is 7.01. The molecule has 9 aromatic carbocycles. The molecule has 11 aromatic rings.